The fourth-order valence-corrected chi connectivity index (χ4v) is 4.48. The van der Waals surface area contributed by atoms with Crippen molar-refractivity contribution in [2.45, 2.75) is 32.7 Å². The van der Waals surface area contributed by atoms with Crippen molar-refractivity contribution in [1.29, 1.82) is 0 Å². The molecule has 0 fully saturated rings. The first kappa shape index (κ1) is 19.4. The molecule has 2 amide bonds. The molecule has 0 atom stereocenters. The number of aromatic nitrogens is 3. The van der Waals surface area contributed by atoms with Crippen LogP contribution in [0.2, 0.25) is 0 Å². The highest BCUT2D eigenvalue weighted by Crippen LogP contribution is 2.30. The zero-order valence-electron chi connectivity index (χ0n) is 17.2. The average molecular weight is 432 g/mol. The molecule has 156 valence electrons. The van der Waals surface area contributed by atoms with Gasteiger partial charge in [-0.25, -0.2) is 9.67 Å². The van der Waals surface area contributed by atoms with Crippen LogP contribution in [0.5, 0.6) is 0 Å². The second-order valence-electron chi connectivity index (χ2n) is 7.83. The summed E-state index contributed by atoms with van der Waals surface area (Å²) in [4.78, 5) is 30.7. The highest BCUT2D eigenvalue weighted by atomic mass is 32.1. The quantitative estimate of drug-likeness (QED) is 0.482. The number of nitrogens with zero attached hydrogens (tertiary/aromatic N) is 3. The maximum atomic E-state index is 13.3. The predicted octanol–water partition coefficient (Wildman–Crippen LogP) is 4.88. The number of amides is 2. The summed E-state index contributed by atoms with van der Waals surface area (Å²) in [7, 11) is 0. The lowest BCUT2D eigenvalue weighted by Crippen LogP contribution is -2.19. The monoisotopic (exact) mass is 431 g/mol. The van der Waals surface area contributed by atoms with Crippen molar-refractivity contribution in [2.75, 3.05) is 10.6 Å². The normalized spacial score (nSPS) is 13.3. The first-order chi connectivity index (χ1) is 15.0. The third-order valence-corrected chi connectivity index (χ3v) is 6.23. The van der Waals surface area contributed by atoms with Crippen LogP contribution < -0.4 is 10.6 Å². The molecule has 5 rings (SSSR count). The largest absolute Gasteiger partial charge is 0.326 e. The molecule has 1 aliphatic rings. The summed E-state index contributed by atoms with van der Waals surface area (Å²) < 4.78 is 1.84. The highest BCUT2D eigenvalue weighted by molar-refractivity contribution is 7.13. The summed E-state index contributed by atoms with van der Waals surface area (Å²) in [6.07, 6.45) is 2.82. The van der Waals surface area contributed by atoms with Crippen molar-refractivity contribution in [1.82, 2.24) is 14.8 Å². The number of aryl methyl sites for hydroxylation is 1. The summed E-state index contributed by atoms with van der Waals surface area (Å²) in [5, 5.41) is 13.1. The molecule has 0 unspecified atom stereocenters. The van der Waals surface area contributed by atoms with Gasteiger partial charge in [-0.05, 0) is 61.5 Å². The van der Waals surface area contributed by atoms with Crippen LogP contribution >= 0.6 is 11.3 Å². The smallest absolute Gasteiger partial charge is 0.256 e. The van der Waals surface area contributed by atoms with Crippen LogP contribution in [-0.4, -0.2) is 26.6 Å². The van der Waals surface area contributed by atoms with E-state index in [1.807, 2.05) is 54.2 Å². The third kappa shape index (κ3) is 3.59. The van der Waals surface area contributed by atoms with E-state index in [0.717, 1.165) is 27.2 Å². The second-order valence-corrected chi connectivity index (χ2v) is 8.77. The van der Waals surface area contributed by atoms with Gasteiger partial charge < -0.3 is 10.6 Å². The van der Waals surface area contributed by atoms with Crippen molar-refractivity contribution in [3.8, 4) is 10.6 Å². The van der Waals surface area contributed by atoms with E-state index in [-0.39, 0.29) is 17.9 Å². The molecule has 2 N–H and O–H groups in total. The fourth-order valence-electron chi connectivity index (χ4n) is 3.79. The van der Waals surface area contributed by atoms with Gasteiger partial charge in [0.05, 0.1) is 27.7 Å². The third-order valence-electron chi connectivity index (χ3n) is 5.33. The molecule has 0 spiro atoms. The van der Waals surface area contributed by atoms with Gasteiger partial charge in [0.25, 0.3) is 5.91 Å². The zero-order chi connectivity index (χ0) is 21.5. The number of carbonyl (C=O) groups excluding carboxylic acids is 2. The van der Waals surface area contributed by atoms with Crippen molar-refractivity contribution < 1.29 is 9.59 Å². The summed E-state index contributed by atoms with van der Waals surface area (Å²) in [6, 6.07) is 11.5. The van der Waals surface area contributed by atoms with Gasteiger partial charge in [0.15, 0.2) is 5.65 Å². The lowest BCUT2D eigenvalue weighted by Gasteiger charge is -2.18. The number of rotatable bonds is 4. The summed E-state index contributed by atoms with van der Waals surface area (Å²) in [6.45, 7) is 4.08. The van der Waals surface area contributed by atoms with Crippen LogP contribution in [0.4, 0.5) is 11.4 Å². The minimum absolute atomic E-state index is 0.0201. The Morgan fingerprint density at radius 1 is 1.23 bits per heavy atom. The van der Waals surface area contributed by atoms with Crippen LogP contribution in [0.25, 0.3) is 21.6 Å². The second kappa shape index (κ2) is 7.63. The number of hydrogen-bond donors (Lipinski definition) is 2. The molecule has 0 saturated heterocycles. The van der Waals surface area contributed by atoms with Gasteiger partial charge >= 0.3 is 0 Å². The van der Waals surface area contributed by atoms with E-state index in [0.29, 0.717) is 29.7 Å². The number of thiophene rings is 1. The molecule has 31 heavy (non-hydrogen) atoms. The van der Waals surface area contributed by atoms with Crippen LogP contribution in [0.3, 0.4) is 0 Å². The predicted molar refractivity (Wildman–Crippen MR) is 123 cm³/mol. The van der Waals surface area contributed by atoms with Crippen LogP contribution in [0.1, 0.15) is 42.2 Å². The SMILES string of the molecule is CC(C)n1ncc2c(C(=O)Nc3ccc4c(c3)CCC(=O)N4)cc(-c3cccs3)nc21. The molecule has 0 aliphatic carbocycles. The molecular formula is C23H21N5O2S. The topological polar surface area (TPSA) is 88.9 Å². The van der Waals surface area contributed by atoms with Crippen LogP contribution in [-0.2, 0) is 11.2 Å². The zero-order valence-corrected chi connectivity index (χ0v) is 18.0. The van der Waals surface area contributed by atoms with Gasteiger partial charge in [0.2, 0.25) is 5.91 Å². The number of pyridine rings is 1. The van der Waals surface area contributed by atoms with E-state index in [1.54, 1.807) is 23.6 Å². The van der Waals surface area contributed by atoms with E-state index in [9.17, 15) is 9.59 Å². The Morgan fingerprint density at radius 2 is 2.10 bits per heavy atom. The Balaban J connectivity index is 1.54. The molecule has 3 aromatic heterocycles. The Kier molecular flexibility index (Phi) is 4.78. The average Bonchev–Trinajstić information content (AvgIpc) is 3.43. The number of fused-ring (bicyclic) bond motifs is 2. The molecule has 4 heterocycles. The Bertz CT molecular complexity index is 1310. The van der Waals surface area contributed by atoms with Crippen LogP contribution in [0.15, 0.2) is 48.0 Å². The lowest BCUT2D eigenvalue weighted by molar-refractivity contribution is -0.116. The van der Waals surface area contributed by atoms with Crippen molar-refractivity contribution in [2.24, 2.45) is 0 Å². The van der Waals surface area contributed by atoms with E-state index < -0.39 is 0 Å². The van der Waals surface area contributed by atoms with E-state index in [1.165, 1.54) is 0 Å². The first-order valence-electron chi connectivity index (χ1n) is 10.2. The molecule has 8 heteroatoms. The Hall–Kier alpha value is -3.52. The standard InChI is InChI=1S/C23H21N5O2S/c1-13(2)28-22-17(12-24-28)16(11-19(27-22)20-4-3-9-31-20)23(30)25-15-6-7-18-14(10-15)5-8-21(29)26-18/h3-4,6-7,9-13H,5,8H2,1-2H3,(H,25,30)(H,26,29). The molecule has 0 bridgehead atoms. The van der Waals surface area contributed by atoms with Crippen molar-refractivity contribution in [3.05, 3.63) is 59.1 Å². The Morgan fingerprint density at radius 3 is 2.87 bits per heavy atom. The number of benzene rings is 1. The first-order valence-corrected chi connectivity index (χ1v) is 11.0. The molecule has 4 aromatic rings. The van der Waals surface area contributed by atoms with Gasteiger partial charge in [-0.3, -0.25) is 9.59 Å². The van der Waals surface area contributed by atoms with Gasteiger partial charge in [0, 0.05) is 23.8 Å². The lowest BCUT2D eigenvalue weighted by atomic mass is 10.0. The molecule has 1 aromatic carbocycles. The van der Waals surface area contributed by atoms with Crippen LogP contribution in [0, 0.1) is 0 Å². The van der Waals surface area contributed by atoms with Crippen molar-refractivity contribution >= 4 is 45.6 Å². The number of carbonyl (C=O) groups is 2. The molecular weight excluding hydrogens is 410 g/mol. The minimum atomic E-state index is -0.215. The summed E-state index contributed by atoms with van der Waals surface area (Å²) in [5.41, 5.74) is 4.50. The highest BCUT2D eigenvalue weighted by Gasteiger charge is 2.20. The van der Waals surface area contributed by atoms with E-state index >= 15 is 0 Å². The number of anilines is 2. The molecule has 7 nitrogen and oxygen atoms in total. The van der Waals surface area contributed by atoms with Gasteiger partial charge in [-0.15, -0.1) is 11.3 Å². The fraction of sp³-hybridized carbons (Fsp3) is 0.217. The maximum absolute atomic E-state index is 13.3. The van der Waals surface area contributed by atoms with Gasteiger partial charge in [-0.1, -0.05) is 6.07 Å². The van der Waals surface area contributed by atoms with Crippen molar-refractivity contribution in [3.63, 3.8) is 0 Å². The van der Waals surface area contributed by atoms with Gasteiger partial charge in [0.1, 0.15) is 0 Å². The van der Waals surface area contributed by atoms with Gasteiger partial charge in [-0.2, -0.15) is 5.10 Å². The maximum Gasteiger partial charge on any atom is 0.256 e. The number of nitrogens with one attached hydrogen (secondary N) is 2. The van der Waals surface area contributed by atoms with E-state index in [4.69, 9.17) is 4.98 Å². The molecule has 1 aliphatic heterocycles. The Labute approximate surface area is 183 Å². The van der Waals surface area contributed by atoms with E-state index in [2.05, 4.69) is 15.7 Å². The molecule has 0 saturated carbocycles. The minimum Gasteiger partial charge on any atom is -0.326 e. The summed E-state index contributed by atoms with van der Waals surface area (Å²) >= 11 is 1.58. The number of hydrogen-bond acceptors (Lipinski definition) is 5. The summed E-state index contributed by atoms with van der Waals surface area (Å²) in [5.74, 6) is -0.194. The molecule has 0 radical (unpaired) electrons.